The first kappa shape index (κ1) is 116. The van der Waals surface area contributed by atoms with Gasteiger partial charge in [-0.1, -0.05) is 97.0 Å². The summed E-state index contributed by atoms with van der Waals surface area (Å²) in [6, 6.07) is 4.69. The number of fused-ring (bicyclic) bond motifs is 9. The number of aromatic nitrogens is 9. The van der Waals surface area contributed by atoms with Gasteiger partial charge in [0.15, 0.2) is 0 Å². The first-order chi connectivity index (χ1) is 63.3. The topological polar surface area (TPSA) is 467 Å². The van der Waals surface area contributed by atoms with Crippen LogP contribution in [0.15, 0.2) is 88.1 Å². The Morgan fingerprint density at radius 3 is 1.11 bits per heavy atom. The van der Waals surface area contributed by atoms with E-state index in [9.17, 15) is 72.9 Å². The van der Waals surface area contributed by atoms with Gasteiger partial charge in [0.2, 0.25) is 35.4 Å². The van der Waals surface area contributed by atoms with Crippen LogP contribution in [0.25, 0.3) is 44.2 Å². The molecule has 140 heavy (non-hydrogen) atoms. The lowest BCUT2D eigenvalue weighted by atomic mass is 9.98. The van der Waals surface area contributed by atoms with Crippen LogP contribution < -0.4 is 31.9 Å². The number of alkyl carbamates (subject to hydrolysis) is 3. The van der Waals surface area contributed by atoms with E-state index in [2.05, 4.69) is 76.4 Å². The number of aryl methyl sites for hydroxylation is 3. The summed E-state index contributed by atoms with van der Waals surface area (Å²) < 4.78 is 17.3. The van der Waals surface area contributed by atoms with Gasteiger partial charge in [-0.15, -0.1) is 0 Å². The van der Waals surface area contributed by atoms with Crippen LogP contribution in [-0.2, 0) is 57.4 Å². The quantitative estimate of drug-likeness (QED) is 0.0453. The molecule has 7 aromatic rings. The van der Waals surface area contributed by atoms with Crippen LogP contribution in [0.3, 0.4) is 0 Å². The molecule has 6 fully saturated rings. The summed E-state index contributed by atoms with van der Waals surface area (Å²) in [6.45, 7) is 26.1. The summed E-state index contributed by atoms with van der Waals surface area (Å²) in [4.78, 5) is 169. The number of carboxylic acid groups (broad SMARTS) is 3. The van der Waals surface area contributed by atoms with Gasteiger partial charge in [0.25, 0.3) is 0 Å². The third-order valence-electron chi connectivity index (χ3n) is 26.8. The van der Waals surface area contributed by atoms with Gasteiger partial charge in [0.05, 0.1) is 18.1 Å². The Morgan fingerprint density at radius 2 is 0.764 bits per heavy atom. The Balaban J connectivity index is 0.000000252. The van der Waals surface area contributed by atoms with Crippen molar-refractivity contribution < 1.29 is 87.1 Å². The molecule has 3 aliphatic carbocycles. The van der Waals surface area contributed by atoms with E-state index in [0.29, 0.717) is 67.0 Å². The maximum atomic E-state index is 14.3. The number of halogens is 1. The summed E-state index contributed by atoms with van der Waals surface area (Å²) >= 11 is 5.20. The highest BCUT2D eigenvalue weighted by atomic mass is 79.9. The van der Waals surface area contributed by atoms with Gasteiger partial charge in [-0.25, -0.2) is 28.8 Å². The fraction of sp³-hybridized carbons (Fsp3) is 0.583. The third kappa shape index (κ3) is 26.7. The van der Waals surface area contributed by atoms with Crippen molar-refractivity contribution in [1.82, 2.24) is 91.6 Å². The molecule has 9 amide bonds. The van der Waals surface area contributed by atoms with Crippen LogP contribution in [0.2, 0.25) is 0 Å². The summed E-state index contributed by atoms with van der Waals surface area (Å²) in [5.41, 5.74) is 5.10. The largest absolute Gasteiger partial charge is 0.479 e. The molecule has 15 atom stereocenters. The fourth-order valence-corrected chi connectivity index (χ4v) is 20.1. The van der Waals surface area contributed by atoms with E-state index in [1.165, 1.54) is 14.7 Å². The summed E-state index contributed by atoms with van der Waals surface area (Å²) in [7, 11) is 0. The average molecular weight is 2140 g/mol. The number of amides is 9. The molecule has 9 aliphatic rings. The molecule has 16 rings (SSSR count). The summed E-state index contributed by atoms with van der Waals surface area (Å²) in [5, 5.41) is 79.5. The van der Waals surface area contributed by atoms with E-state index in [1.807, 2.05) is 99.9 Å². The molecule has 6 aliphatic heterocycles. The lowest BCUT2D eigenvalue weighted by Crippen LogP contribution is -2.56. The van der Waals surface area contributed by atoms with Crippen molar-refractivity contribution in [3.05, 3.63) is 116 Å². The van der Waals surface area contributed by atoms with E-state index in [1.54, 1.807) is 88.0 Å². The second-order valence-corrected chi connectivity index (χ2v) is 41.9. The number of hydrogen-bond donors (Lipinski definition) is 9. The molecule has 3 saturated heterocycles. The maximum Gasteiger partial charge on any atom is 0.408 e. The zero-order valence-corrected chi connectivity index (χ0v) is 90.0. The second-order valence-electron chi connectivity index (χ2n) is 40.3. The first-order valence-corrected chi connectivity index (χ1v) is 48.4. The molecular formula is C96H137BrN18O18S7. The van der Waals surface area contributed by atoms with Gasteiger partial charge in [-0.05, 0) is 254 Å². The molecule has 0 bridgehead atoms. The van der Waals surface area contributed by atoms with Crippen LogP contribution in [0.5, 0.6) is 0 Å². The number of thiophene rings is 1. The number of nitrogens with one attached hydrogen (secondary N) is 6. The minimum atomic E-state index is -1.42. The maximum absolute atomic E-state index is 14.3. The highest BCUT2D eigenvalue weighted by molar-refractivity contribution is 9.10. The molecule has 9 N–H and O–H groups in total. The van der Waals surface area contributed by atoms with Gasteiger partial charge in [-0.2, -0.15) is 137 Å². The van der Waals surface area contributed by atoms with Gasteiger partial charge in [-0.3, -0.25) is 28.8 Å². The zero-order chi connectivity index (χ0) is 96.6. The minimum Gasteiger partial charge on any atom is -0.479 e. The highest BCUT2D eigenvalue weighted by Gasteiger charge is 2.64. The number of carboxylic acids is 3. The fourth-order valence-electron chi connectivity index (χ4n) is 18.9. The van der Waals surface area contributed by atoms with E-state index >= 15 is 0 Å². The van der Waals surface area contributed by atoms with E-state index < -0.39 is 159 Å². The Kier molecular flexibility index (Phi) is 39.1. The molecule has 36 nitrogen and oxygen atoms in total. The number of benzene rings is 3. The first-order valence-electron chi connectivity index (χ1n) is 46.6. The summed E-state index contributed by atoms with van der Waals surface area (Å²) in [6.07, 6.45) is 21.3. The van der Waals surface area contributed by atoms with Gasteiger partial charge >= 0.3 is 36.2 Å². The SMILES string of the molecule is Cc1c(-c2ccsc2)cc2nn([C@H]3C[C@H]4C(=O)N[C@@]5(C(=O)O)C[C@H]5/C=C\CCCCC[C@@H](NC(=O)OC(C)(C)C)C(=O)N4C3)nc2c1C.Cc1c(Br)cc2nn([C@H]3C[C@H]4C(=O)N[C@@]5(C(=O)O)C[C@H]5/C=C\CCCCC[C@@H](NC(=O)OC(C)(C)C)C(=O)N4C3)nc2c1C.Cc1ccc2nn([C@H]3C[C@H]4C(=O)N[C@@]5(C(=O)O)C[C@H]5/C=C\CCCCC[C@@H](NC(=O)OC(C)(C)C)C(=O)N4C3)nc2c1.S.S.S.S.S.S. The number of carbonyl (C=O) groups is 12. The van der Waals surface area contributed by atoms with Crippen LogP contribution >= 0.6 is 108 Å². The standard InChI is InChI=1S/C35H44N6O6S.C31H41BrN6O6.C30H40N6O6.6H2S/c1-20-21(2)29-27(16-25(20)22-13-14-48-19-22)38-41(39-29)24-15-28-30(42)37-35(32(44)45)17-23(35)11-9-7-6-8-10-12-26(31(43)40(28)18-24)36-33(46)47-34(3,4)5;1-17-18(2)25-23(14-21(17)32)35-38(36-25)20-13-24-26(39)34-31(28(41)42)15-19(31)11-9-7-6-8-10-12-22(27(40)37(24)16-20)33-29(43)44-30(3,4)5;1-18-12-13-21-23(14-18)34-36(33-21)20-15-24-25(37)32-30(27(39)40)16-19(30)10-8-6-5-7-9-11-22(26(38)35(24)17-20)31-28(41)42-29(2,3)4;;;;;;/h9,11,13-14,16,19,23-24,26,28H,6-8,10,12,15,17-18H2,1-5H3,(H,36,46)(H,37,42)(H,44,45);9,11,14,19-20,22,24H,6-8,10,12-13,15-16H2,1-5H3,(H,33,43)(H,34,39)(H,41,42);8,10,12-14,19-20,22,24H,5-7,9,11,15-17H2,1-4H3,(H,31,41)(H,32,37)(H,39,40);6*1H2/b2*11-9-;10-8-;;;;;;/t23-,24+,26-,28+,35+;19-,20+,22-,24+,31+;19-,20+,22-,24+,30+;;;;;;/m111....../s1. The Labute approximate surface area is 869 Å². The minimum absolute atomic E-state index is 0. The molecule has 0 radical (unpaired) electrons. The normalized spacial score (nSPS) is 27.2. The monoisotopic (exact) mass is 2130 g/mol. The van der Waals surface area contributed by atoms with Crippen molar-refractivity contribution >= 4 is 213 Å². The molecule has 768 valence electrons. The average Bonchev–Trinajstić information content (AvgIpc) is 1.58. The highest BCUT2D eigenvalue weighted by Crippen LogP contribution is 2.49. The molecule has 0 unspecified atom stereocenters. The second kappa shape index (κ2) is 47.3. The smallest absolute Gasteiger partial charge is 0.408 e. The van der Waals surface area contributed by atoms with Crippen molar-refractivity contribution in [3.8, 4) is 11.1 Å². The third-order valence-corrected chi connectivity index (χ3v) is 28.3. The van der Waals surface area contributed by atoms with Crippen molar-refractivity contribution in [1.29, 1.82) is 0 Å². The van der Waals surface area contributed by atoms with Gasteiger partial charge in [0, 0.05) is 61.1 Å². The lowest BCUT2D eigenvalue weighted by Gasteiger charge is -2.30. The Hall–Kier alpha value is -9.60. The molecule has 10 heterocycles. The zero-order valence-electron chi connectivity index (χ0n) is 81.6. The van der Waals surface area contributed by atoms with E-state index in [-0.39, 0.29) is 150 Å². The number of aliphatic carboxylic acids is 3. The van der Waals surface area contributed by atoms with Crippen molar-refractivity contribution in [2.75, 3.05) is 19.6 Å². The number of hydrogen-bond acceptors (Lipinski definition) is 22. The number of rotatable bonds is 10. The van der Waals surface area contributed by atoms with Crippen molar-refractivity contribution in [3.63, 3.8) is 0 Å². The van der Waals surface area contributed by atoms with Crippen LogP contribution in [0.4, 0.5) is 14.4 Å². The molecule has 0 spiro atoms. The number of carbonyl (C=O) groups excluding carboxylic acids is 9. The number of allylic oxidation sites excluding steroid dienone is 3. The van der Waals surface area contributed by atoms with Crippen LogP contribution in [0.1, 0.15) is 243 Å². The van der Waals surface area contributed by atoms with Crippen molar-refractivity contribution in [2.45, 2.75) is 320 Å². The number of ether oxygens (including phenoxy) is 3. The predicted octanol–water partition coefficient (Wildman–Crippen LogP) is 13.5. The predicted molar refractivity (Wildman–Crippen MR) is 563 cm³/mol. The molecule has 3 aromatic carbocycles. The van der Waals surface area contributed by atoms with Crippen molar-refractivity contribution in [2.24, 2.45) is 17.8 Å². The molecule has 3 saturated carbocycles. The van der Waals surface area contributed by atoms with Crippen LogP contribution in [-0.4, -0.2) is 236 Å². The lowest BCUT2D eigenvalue weighted by molar-refractivity contribution is -0.146. The van der Waals surface area contributed by atoms with Gasteiger partial charge in [0.1, 0.15) is 103 Å². The Bertz CT molecular complexity index is 5820. The molecular weight excluding hydrogens is 2000 g/mol. The van der Waals surface area contributed by atoms with Crippen LogP contribution in [0, 0.1) is 52.4 Å². The summed E-state index contributed by atoms with van der Waals surface area (Å²) in [5.74, 6) is -7.13. The van der Waals surface area contributed by atoms with E-state index in [0.717, 1.165) is 112 Å². The molecule has 4 aromatic heterocycles. The molecule has 44 heteroatoms. The number of nitrogens with zero attached hydrogens (tertiary/aromatic N) is 12. The van der Waals surface area contributed by atoms with Gasteiger partial charge < -0.3 is 76.1 Å². The van der Waals surface area contributed by atoms with E-state index in [4.69, 9.17) is 34.6 Å². The Morgan fingerprint density at radius 1 is 0.429 bits per heavy atom.